The molecule has 0 radical (unpaired) electrons. The van der Waals surface area contributed by atoms with Gasteiger partial charge in [0.25, 0.3) is 5.91 Å². The summed E-state index contributed by atoms with van der Waals surface area (Å²) in [7, 11) is 0. The summed E-state index contributed by atoms with van der Waals surface area (Å²) in [5.74, 6) is -0.810. The monoisotopic (exact) mass is 293 g/mol. The fourth-order valence-electron chi connectivity index (χ4n) is 1.91. The van der Waals surface area contributed by atoms with Gasteiger partial charge < -0.3 is 15.2 Å². The number of carboxylic acid groups (broad SMARTS) is 1. The van der Waals surface area contributed by atoms with Crippen molar-refractivity contribution in [1.82, 2.24) is 5.32 Å². The zero-order chi connectivity index (χ0) is 15.7. The molecule has 1 amide bonds. The van der Waals surface area contributed by atoms with Crippen LogP contribution in [0.2, 0.25) is 0 Å². The van der Waals surface area contributed by atoms with Crippen LogP contribution in [-0.2, 0) is 16.0 Å². The molecule has 1 atom stereocenters. The molecular formula is C16H23NO4. The first-order valence-corrected chi connectivity index (χ1v) is 7.30. The molecule has 116 valence electrons. The topological polar surface area (TPSA) is 75.6 Å². The van der Waals surface area contributed by atoms with Crippen LogP contribution in [0.4, 0.5) is 0 Å². The van der Waals surface area contributed by atoms with Crippen molar-refractivity contribution in [3.05, 3.63) is 29.8 Å². The average Bonchev–Trinajstić information content (AvgIpc) is 2.49. The van der Waals surface area contributed by atoms with Crippen LogP contribution in [0.5, 0.6) is 5.75 Å². The second-order valence-electron chi connectivity index (χ2n) is 4.89. The lowest BCUT2D eigenvalue weighted by Crippen LogP contribution is -2.42. The third-order valence-electron chi connectivity index (χ3n) is 3.16. The fourth-order valence-corrected chi connectivity index (χ4v) is 1.91. The van der Waals surface area contributed by atoms with Crippen LogP contribution in [0.3, 0.4) is 0 Å². The number of unbranched alkanes of at least 4 members (excludes halogenated alkanes) is 1. The Balaban J connectivity index is 2.46. The zero-order valence-corrected chi connectivity index (χ0v) is 12.6. The lowest BCUT2D eigenvalue weighted by Gasteiger charge is -2.14. The van der Waals surface area contributed by atoms with Crippen molar-refractivity contribution in [3.8, 4) is 5.75 Å². The number of aryl methyl sites for hydroxylation is 1. The molecule has 0 aliphatic carbocycles. The molecule has 0 aliphatic heterocycles. The van der Waals surface area contributed by atoms with Crippen molar-refractivity contribution in [1.29, 1.82) is 0 Å². The molecule has 0 spiro atoms. The maximum atomic E-state index is 11.7. The molecule has 5 heteroatoms. The van der Waals surface area contributed by atoms with Gasteiger partial charge in [0.2, 0.25) is 0 Å². The summed E-state index contributed by atoms with van der Waals surface area (Å²) in [6, 6.07) is 6.66. The van der Waals surface area contributed by atoms with Gasteiger partial charge in [-0.15, -0.1) is 0 Å². The van der Waals surface area contributed by atoms with Crippen LogP contribution in [0.15, 0.2) is 24.3 Å². The second kappa shape index (κ2) is 9.00. The van der Waals surface area contributed by atoms with E-state index in [1.807, 2.05) is 32.0 Å². The number of carbonyl (C=O) groups excluding carboxylic acids is 1. The lowest BCUT2D eigenvalue weighted by atomic mass is 10.1. The summed E-state index contributed by atoms with van der Waals surface area (Å²) >= 11 is 0. The molecular weight excluding hydrogens is 270 g/mol. The second-order valence-corrected chi connectivity index (χ2v) is 4.89. The number of ether oxygens (including phenoxy) is 1. The van der Waals surface area contributed by atoms with Crippen molar-refractivity contribution in [2.75, 3.05) is 6.61 Å². The van der Waals surface area contributed by atoms with E-state index in [2.05, 4.69) is 5.32 Å². The van der Waals surface area contributed by atoms with Crippen LogP contribution in [0, 0.1) is 0 Å². The van der Waals surface area contributed by atoms with Crippen LogP contribution < -0.4 is 10.1 Å². The Kier molecular flexibility index (Phi) is 7.29. The minimum absolute atomic E-state index is 0.178. The molecule has 0 bridgehead atoms. The largest absolute Gasteiger partial charge is 0.484 e. The Hall–Kier alpha value is -2.04. The number of rotatable bonds is 9. The van der Waals surface area contributed by atoms with Gasteiger partial charge >= 0.3 is 5.97 Å². The Morgan fingerprint density at radius 3 is 2.71 bits per heavy atom. The molecule has 1 aromatic carbocycles. The number of hydrogen-bond donors (Lipinski definition) is 2. The highest BCUT2D eigenvalue weighted by Crippen LogP contribution is 2.13. The van der Waals surface area contributed by atoms with Gasteiger partial charge in [0.15, 0.2) is 6.61 Å². The van der Waals surface area contributed by atoms with Gasteiger partial charge in [-0.2, -0.15) is 0 Å². The molecule has 0 unspecified atom stereocenters. The predicted molar refractivity (Wildman–Crippen MR) is 80.4 cm³/mol. The SMILES string of the molecule is CCCC[C@H](NC(=O)COc1cccc(CC)c1)C(=O)O. The highest BCUT2D eigenvalue weighted by molar-refractivity contribution is 5.84. The van der Waals surface area contributed by atoms with Crippen molar-refractivity contribution in [2.45, 2.75) is 45.6 Å². The smallest absolute Gasteiger partial charge is 0.326 e. The first-order valence-electron chi connectivity index (χ1n) is 7.30. The fraction of sp³-hybridized carbons (Fsp3) is 0.500. The molecule has 0 fully saturated rings. The van der Waals surface area contributed by atoms with Gasteiger partial charge in [0.1, 0.15) is 11.8 Å². The highest BCUT2D eigenvalue weighted by Gasteiger charge is 2.19. The third-order valence-corrected chi connectivity index (χ3v) is 3.16. The minimum Gasteiger partial charge on any atom is -0.484 e. The molecule has 2 N–H and O–H groups in total. The van der Waals surface area contributed by atoms with Gasteiger partial charge in [-0.3, -0.25) is 4.79 Å². The number of nitrogens with one attached hydrogen (secondary N) is 1. The summed E-state index contributed by atoms with van der Waals surface area (Å²) in [5, 5.41) is 11.5. The molecule has 21 heavy (non-hydrogen) atoms. The van der Waals surface area contributed by atoms with E-state index in [0.717, 1.165) is 24.8 Å². The van der Waals surface area contributed by atoms with Gasteiger partial charge in [-0.25, -0.2) is 4.79 Å². The van der Waals surface area contributed by atoms with Gasteiger partial charge in [-0.1, -0.05) is 38.8 Å². The number of carboxylic acids is 1. The van der Waals surface area contributed by atoms with Crippen molar-refractivity contribution >= 4 is 11.9 Å². The first-order chi connectivity index (χ1) is 10.1. The third kappa shape index (κ3) is 6.29. The van der Waals surface area contributed by atoms with E-state index in [9.17, 15) is 9.59 Å². The molecule has 1 rings (SSSR count). The van der Waals surface area contributed by atoms with E-state index in [1.165, 1.54) is 0 Å². The molecule has 1 aromatic rings. The van der Waals surface area contributed by atoms with E-state index in [-0.39, 0.29) is 6.61 Å². The summed E-state index contributed by atoms with van der Waals surface area (Å²) in [4.78, 5) is 22.8. The van der Waals surface area contributed by atoms with Gasteiger partial charge in [0, 0.05) is 0 Å². The van der Waals surface area contributed by atoms with Gasteiger partial charge in [0.05, 0.1) is 0 Å². The van der Waals surface area contributed by atoms with Crippen LogP contribution in [-0.4, -0.2) is 29.6 Å². The number of amides is 1. The molecule has 5 nitrogen and oxygen atoms in total. The number of hydrogen-bond acceptors (Lipinski definition) is 3. The number of aliphatic carboxylic acids is 1. The standard InChI is InChI=1S/C16H23NO4/c1-3-5-9-14(16(19)20)17-15(18)11-21-13-8-6-7-12(4-2)10-13/h6-8,10,14H,3-5,9,11H2,1-2H3,(H,17,18)(H,19,20)/t14-/m0/s1. The van der Waals surface area contributed by atoms with E-state index < -0.39 is 17.9 Å². The number of benzene rings is 1. The van der Waals surface area contributed by atoms with Crippen molar-refractivity contribution < 1.29 is 19.4 Å². The zero-order valence-electron chi connectivity index (χ0n) is 12.6. The maximum absolute atomic E-state index is 11.7. The highest BCUT2D eigenvalue weighted by atomic mass is 16.5. The Morgan fingerprint density at radius 1 is 1.33 bits per heavy atom. The van der Waals surface area contributed by atoms with E-state index in [4.69, 9.17) is 9.84 Å². The van der Waals surface area contributed by atoms with Crippen LogP contribution in [0.25, 0.3) is 0 Å². The Labute approximate surface area is 125 Å². The Bertz CT molecular complexity index is 473. The summed E-state index contributed by atoms with van der Waals surface area (Å²) in [5.41, 5.74) is 1.12. The van der Waals surface area contributed by atoms with E-state index in [1.54, 1.807) is 6.07 Å². The quantitative estimate of drug-likeness (QED) is 0.733. The average molecular weight is 293 g/mol. The van der Waals surface area contributed by atoms with Crippen LogP contribution >= 0.6 is 0 Å². The summed E-state index contributed by atoms with van der Waals surface area (Å²) in [6.45, 7) is 3.84. The van der Waals surface area contributed by atoms with Crippen molar-refractivity contribution in [2.24, 2.45) is 0 Å². The minimum atomic E-state index is -1.01. The summed E-state index contributed by atoms with van der Waals surface area (Å²) in [6.07, 6.45) is 2.97. The predicted octanol–water partition coefficient (Wildman–Crippen LogP) is 2.39. The molecule has 0 aromatic heterocycles. The molecule has 0 saturated carbocycles. The summed E-state index contributed by atoms with van der Waals surface area (Å²) < 4.78 is 5.39. The Morgan fingerprint density at radius 2 is 2.10 bits per heavy atom. The molecule has 0 heterocycles. The maximum Gasteiger partial charge on any atom is 0.326 e. The lowest BCUT2D eigenvalue weighted by molar-refractivity contribution is -0.142. The van der Waals surface area contributed by atoms with E-state index in [0.29, 0.717) is 12.2 Å². The molecule has 0 aliphatic rings. The molecule has 0 saturated heterocycles. The normalized spacial score (nSPS) is 11.7. The first kappa shape index (κ1) is 17.0. The van der Waals surface area contributed by atoms with Gasteiger partial charge in [-0.05, 0) is 30.5 Å². The van der Waals surface area contributed by atoms with Crippen LogP contribution in [0.1, 0.15) is 38.7 Å². The number of carbonyl (C=O) groups is 2. The van der Waals surface area contributed by atoms with E-state index >= 15 is 0 Å². The van der Waals surface area contributed by atoms with Crippen molar-refractivity contribution in [3.63, 3.8) is 0 Å².